The molecule has 1 amide bonds. The number of hydrogen-bond acceptors (Lipinski definition) is 4. The number of carbonyl (C=O) groups is 1. The van der Waals surface area contributed by atoms with Crippen LogP contribution < -0.4 is 10.0 Å². The summed E-state index contributed by atoms with van der Waals surface area (Å²) in [6.45, 7) is 4.51. The van der Waals surface area contributed by atoms with Gasteiger partial charge in [0, 0.05) is 41.5 Å². The molecule has 0 atom stereocenters. The van der Waals surface area contributed by atoms with Crippen LogP contribution in [0.2, 0.25) is 0 Å². The Hall–Kier alpha value is -2.73. The normalized spacial score (nSPS) is 10.6. The van der Waals surface area contributed by atoms with Gasteiger partial charge < -0.3 is 10.0 Å². The summed E-state index contributed by atoms with van der Waals surface area (Å²) in [5.74, 6) is -0.0964. The predicted molar refractivity (Wildman–Crippen MR) is 106 cm³/mol. The fourth-order valence-corrected chi connectivity index (χ4v) is 3.17. The van der Waals surface area contributed by atoms with E-state index in [-0.39, 0.29) is 5.91 Å². The van der Waals surface area contributed by atoms with Gasteiger partial charge in [0.25, 0.3) is 5.91 Å². The molecule has 0 radical (unpaired) electrons. The second-order valence-electron chi connectivity index (χ2n) is 6.31. The highest BCUT2D eigenvalue weighted by Crippen LogP contribution is 2.23. The largest absolute Gasteiger partial charge is 0.348 e. The number of aromatic nitrogens is 2. The molecular weight excluding hydrogens is 344 g/mol. The minimum atomic E-state index is -0.0964. The zero-order valence-corrected chi connectivity index (χ0v) is 15.9. The van der Waals surface area contributed by atoms with E-state index in [0.717, 1.165) is 21.7 Å². The highest BCUT2D eigenvalue weighted by molar-refractivity contribution is 8.00. The number of nitrogens with zero attached hydrogens (tertiary/aromatic N) is 2. The van der Waals surface area contributed by atoms with Gasteiger partial charge >= 0.3 is 0 Å². The number of aryl methyl sites for hydroxylation is 3. The molecule has 6 heteroatoms. The van der Waals surface area contributed by atoms with Crippen molar-refractivity contribution in [2.75, 3.05) is 4.72 Å². The molecule has 0 aliphatic carbocycles. The maximum Gasteiger partial charge on any atom is 0.251 e. The van der Waals surface area contributed by atoms with Crippen LogP contribution in [0, 0.1) is 13.8 Å². The minimum Gasteiger partial charge on any atom is -0.348 e. The first-order chi connectivity index (χ1) is 12.5. The monoisotopic (exact) mass is 366 g/mol. The Morgan fingerprint density at radius 1 is 1.12 bits per heavy atom. The van der Waals surface area contributed by atoms with Gasteiger partial charge in [-0.25, -0.2) is 0 Å². The van der Waals surface area contributed by atoms with Crippen molar-refractivity contribution in [1.29, 1.82) is 0 Å². The van der Waals surface area contributed by atoms with E-state index in [0.29, 0.717) is 12.1 Å². The van der Waals surface area contributed by atoms with Gasteiger partial charge in [-0.3, -0.25) is 9.48 Å². The van der Waals surface area contributed by atoms with E-state index >= 15 is 0 Å². The minimum absolute atomic E-state index is 0.0964. The molecule has 1 heterocycles. The summed E-state index contributed by atoms with van der Waals surface area (Å²) in [4.78, 5) is 13.6. The number of benzene rings is 2. The SMILES string of the molecule is Cc1ccc(SNc2cc(C)cc(C(=O)NCc3cnn(C)c3)c2)cc1. The third-order valence-corrected chi connectivity index (χ3v) is 4.70. The van der Waals surface area contributed by atoms with E-state index in [9.17, 15) is 4.79 Å². The van der Waals surface area contributed by atoms with Crippen molar-refractivity contribution in [1.82, 2.24) is 15.1 Å². The Morgan fingerprint density at radius 2 is 1.88 bits per heavy atom. The van der Waals surface area contributed by atoms with Crippen LogP contribution in [0.5, 0.6) is 0 Å². The Bertz CT molecular complexity index is 902. The lowest BCUT2D eigenvalue weighted by Gasteiger charge is -2.10. The molecular formula is C20H22N4OS. The third-order valence-electron chi connectivity index (χ3n) is 3.86. The first-order valence-corrected chi connectivity index (χ1v) is 9.18. The average molecular weight is 366 g/mol. The van der Waals surface area contributed by atoms with Crippen LogP contribution in [-0.4, -0.2) is 15.7 Å². The molecule has 3 rings (SSSR count). The molecule has 2 aromatic carbocycles. The van der Waals surface area contributed by atoms with Gasteiger partial charge in [0.15, 0.2) is 0 Å². The van der Waals surface area contributed by atoms with Crippen molar-refractivity contribution in [3.05, 3.63) is 77.1 Å². The lowest BCUT2D eigenvalue weighted by molar-refractivity contribution is 0.0951. The summed E-state index contributed by atoms with van der Waals surface area (Å²) in [6, 6.07) is 14.1. The number of nitrogens with one attached hydrogen (secondary N) is 2. The Balaban J connectivity index is 1.64. The van der Waals surface area contributed by atoms with Crippen molar-refractivity contribution in [2.45, 2.75) is 25.3 Å². The molecule has 0 bridgehead atoms. The van der Waals surface area contributed by atoms with Gasteiger partial charge in [0.05, 0.1) is 6.20 Å². The molecule has 134 valence electrons. The van der Waals surface area contributed by atoms with E-state index in [1.54, 1.807) is 10.9 Å². The molecule has 0 unspecified atom stereocenters. The quantitative estimate of drug-likeness (QED) is 0.645. The summed E-state index contributed by atoms with van der Waals surface area (Å²) in [6.07, 6.45) is 3.64. The van der Waals surface area contributed by atoms with E-state index < -0.39 is 0 Å². The standard InChI is InChI=1S/C20H22N4OS/c1-14-4-6-19(7-5-14)26-23-18-9-15(2)8-17(10-18)20(25)21-11-16-12-22-24(3)13-16/h4-10,12-13,23H,11H2,1-3H3,(H,21,25). The number of hydrogen-bond donors (Lipinski definition) is 2. The molecule has 0 fully saturated rings. The average Bonchev–Trinajstić information content (AvgIpc) is 3.04. The van der Waals surface area contributed by atoms with Crippen molar-refractivity contribution in [3.63, 3.8) is 0 Å². The molecule has 2 N–H and O–H groups in total. The van der Waals surface area contributed by atoms with Crippen LogP contribution >= 0.6 is 11.9 Å². The maximum atomic E-state index is 12.5. The summed E-state index contributed by atoms with van der Waals surface area (Å²) in [5.41, 5.74) is 4.79. The molecule has 1 aromatic heterocycles. The molecule has 0 saturated carbocycles. The molecule has 3 aromatic rings. The zero-order chi connectivity index (χ0) is 18.5. The van der Waals surface area contributed by atoms with Gasteiger partial charge in [-0.1, -0.05) is 17.7 Å². The Labute approximate surface area is 157 Å². The summed E-state index contributed by atoms with van der Waals surface area (Å²) >= 11 is 1.53. The lowest BCUT2D eigenvalue weighted by Crippen LogP contribution is -2.22. The van der Waals surface area contributed by atoms with E-state index in [4.69, 9.17) is 0 Å². The van der Waals surface area contributed by atoms with Gasteiger partial charge in [-0.2, -0.15) is 5.10 Å². The fourth-order valence-electron chi connectivity index (χ4n) is 2.54. The number of carbonyl (C=O) groups excluding carboxylic acids is 1. The molecule has 5 nitrogen and oxygen atoms in total. The number of rotatable bonds is 6. The number of anilines is 1. The van der Waals surface area contributed by atoms with Crippen LogP contribution in [0.4, 0.5) is 5.69 Å². The van der Waals surface area contributed by atoms with Crippen molar-refractivity contribution in [3.8, 4) is 0 Å². The molecule has 0 aliphatic heterocycles. The summed E-state index contributed by atoms with van der Waals surface area (Å²) in [7, 11) is 1.86. The van der Waals surface area contributed by atoms with Crippen molar-refractivity contribution < 1.29 is 4.79 Å². The van der Waals surface area contributed by atoms with Gasteiger partial charge in [-0.05, 0) is 61.7 Å². The van der Waals surface area contributed by atoms with Crippen LogP contribution in [0.1, 0.15) is 27.0 Å². The van der Waals surface area contributed by atoms with Gasteiger partial charge in [0.2, 0.25) is 0 Å². The van der Waals surface area contributed by atoms with Gasteiger partial charge in [0.1, 0.15) is 0 Å². The first-order valence-electron chi connectivity index (χ1n) is 8.36. The lowest BCUT2D eigenvalue weighted by atomic mass is 10.1. The van der Waals surface area contributed by atoms with Crippen molar-refractivity contribution in [2.24, 2.45) is 7.05 Å². The zero-order valence-electron chi connectivity index (χ0n) is 15.1. The van der Waals surface area contributed by atoms with E-state index in [1.165, 1.54) is 17.5 Å². The summed E-state index contributed by atoms with van der Waals surface area (Å²) in [5, 5.41) is 7.04. The molecule has 26 heavy (non-hydrogen) atoms. The van der Waals surface area contributed by atoms with Crippen LogP contribution in [0.3, 0.4) is 0 Å². The van der Waals surface area contributed by atoms with E-state index in [2.05, 4.69) is 46.3 Å². The van der Waals surface area contributed by atoms with Crippen molar-refractivity contribution >= 4 is 23.5 Å². The maximum absolute atomic E-state index is 12.5. The predicted octanol–water partition coefficient (Wildman–Crippen LogP) is 4.09. The second-order valence-corrected chi connectivity index (χ2v) is 7.19. The fraction of sp³-hybridized carbons (Fsp3) is 0.200. The number of amides is 1. The van der Waals surface area contributed by atoms with Crippen LogP contribution in [0.25, 0.3) is 0 Å². The van der Waals surface area contributed by atoms with Crippen LogP contribution in [0.15, 0.2) is 59.8 Å². The Kier molecular flexibility index (Phi) is 5.63. The molecule has 0 spiro atoms. The topological polar surface area (TPSA) is 59.0 Å². The molecule has 0 saturated heterocycles. The molecule has 0 aliphatic rings. The van der Waals surface area contributed by atoms with Crippen LogP contribution in [-0.2, 0) is 13.6 Å². The highest BCUT2D eigenvalue weighted by atomic mass is 32.2. The highest BCUT2D eigenvalue weighted by Gasteiger charge is 2.08. The second kappa shape index (κ2) is 8.10. The van der Waals surface area contributed by atoms with Gasteiger partial charge in [-0.15, -0.1) is 0 Å². The first kappa shape index (κ1) is 18.1. The van der Waals surface area contributed by atoms with E-state index in [1.807, 2.05) is 38.4 Å². The smallest absolute Gasteiger partial charge is 0.251 e. The Morgan fingerprint density at radius 3 is 2.58 bits per heavy atom. The summed E-state index contributed by atoms with van der Waals surface area (Å²) < 4.78 is 5.04. The third kappa shape index (κ3) is 4.89.